The molecule has 4 nitrogen and oxygen atoms in total. The number of aromatic nitrogens is 2. The van der Waals surface area contributed by atoms with Crippen molar-refractivity contribution in [1.82, 2.24) is 14.3 Å². The van der Waals surface area contributed by atoms with E-state index in [0.29, 0.717) is 0 Å². The maximum atomic E-state index is 5.25. The first kappa shape index (κ1) is 16.5. The van der Waals surface area contributed by atoms with E-state index < -0.39 is 0 Å². The third-order valence-corrected chi connectivity index (χ3v) is 6.25. The van der Waals surface area contributed by atoms with E-state index in [1.807, 2.05) is 23.5 Å². The Balaban J connectivity index is 1.39. The zero-order valence-electron chi connectivity index (χ0n) is 15.3. The molecule has 0 N–H and O–H groups in total. The SMILES string of the molecule is COc1ccc(-c2cn3c4c(sc3n2)CN(Cc2ccccc2)CC4)cc1. The largest absolute Gasteiger partial charge is 0.497 e. The molecule has 0 saturated heterocycles. The van der Waals surface area contributed by atoms with Gasteiger partial charge in [-0.15, -0.1) is 0 Å². The Morgan fingerprint density at radius 1 is 1.07 bits per heavy atom. The van der Waals surface area contributed by atoms with Gasteiger partial charge in [-0.3, -0.25) is 9.30 Å². The van der Waals surface area contributed by atoms with E-state index in [2.05, 4.69) is 58.0 Å². The van der Waals surface area contributed by atoms with Crippen molar-refractivity contribution in [3.05, 3.63) is 76.9 Å². The van der Waals surface area contributed by atoms with Crippen LogP contribution in [0.15, 0.2) is 60.8 Å². The first-order chi connectivity index (χ1) is 13.3. The molecule has 0 saturated carbocycles. The zero-order chi connectivity index (χ0) is 18.2. The molecule has 5 heteroatoms. The van der Waals surface area contributed by atoms with Crippen LogP contribution in [0.4, 0.5) is 0 Å². The zero-order valence-corrected chi connectivity index (χ0v) is 16.1. The van der Waals surface area contributed by atoms with Gasteiger partial charge in [-0.05, 0) is 29.8 Å². The molecule has 0 bridgehead atoms. The van der Waals surface area contributed by atoms with Gasteiger partial charge < -0.3 is 4.74 Å². The van der Waals surface area contributed by atoms with Gasteiger partial charge in [-0.2, -0.15) is 0 Å². The molecule has 4 aromatic rings. The number of thiazole rings is 1. The van der Waals surface area contributed by atoms with Gasteiger partial charge in [0, 0.05) is 48.4 Å². The number of ether oxygens (including phenoxy) is 1. The molecule has 1 aliphatic heterocycles. The van der Waals surface area contributed by atoms with Crippen LogP contribution in [-0.2, 0) is 19.5 Å². The van der Waals surface area contributed by atoms with Gasteiger partial charge in [-0.25, -0.2) is 4.98 Å². The van der Waals surface area contributed by atoms with E-state index in [1.54, 1.807) is 7.11 Å². The summed E-state index contributed by atoms with van der Waals surface area (Å²) in [4.78, 5) is 9.94. The molecule has 0 spiro atoms. The second-order valence-corrected chi connectivity index (χ2v) is 7.99. The van der Waals surface area contributed by atoms with Gasteiger partial charge in [0.15, 0.2) is 4.96 Å². The maximum Gasteiger partial charge on any atom is 0.194 e. The summed E-state index contributed by atoms with van der Waals surface area (Å²) < 4.78 is 7.54. The van der Waals surface area contributed by atoms with E-state index in [9.17, 15) is 0 Å². The molecule has 2 aromatic heterocycles. The van der Waals surface area contributed by atoms with Crippen molar-refractivity contribution in [3.8, 4) is 17.0 Å². The number of methoxy groups -OCH3 is 1. The van der Waals surface area contributed by atoms with Crippen LogP contribution in [0.1, 0.15) is 16.1 Å². The number of nitrogens with zero attached hydrogens (tertiary/aromatic N) is 3. The first-order valence-corrected chi connectivity index (χ1v) is 10.0. The van der Waals surface area contributed by atoms with Gasteiger partial charge in [0.05, 0.1) is 12.8 Å². The predicted octanol–water partition coefficient (Wildman–Crippen LogP) is 4.63. The number of imidazole rings is 1. The molecule has 1 aliphatic rings. The third kappa shape index (κ3) is 3.13. The smallest absolute Gasteiger partial charge is 0.194 e. The van der Waals surface area contributed by atoms with Crippen molar-refractivity contribution in [2.75, 3.05) is 13.7 Å². The van der Waals surface area contributed by atoms with Crippen LogP contribution in [0.3, 0.4) is 0 Å². The Labute approximate surface area is 162 Å². The normalized spacial score (nSPS) is 14.4. The summed E-state index contributed by atoms with van der Waals surface area (Å²) in [6.45, 7) is 3.11. The average molecular weight is 375 g/mol. The Hall–Kier alpha value is -2.63. The van der Waals surface area contributed by atoms with Crippen LogP contribution in [0.5, 0.6) is 5.75 Å². The van der Waals surface area contributed by atoms with Gasteiger partial charge in [0.2, 0.25) is 0 Å². The molecule has 0 amide bonds. The highest BCUT2D eigenvalue weighted by Gasteiger charge is 2.22. The molecule has 0 aliphatic carbocycles. The van der Waals surface area contributed by atoms with Crippen LogP contribution >= 0.6 is 11.3 Å². The van der Waals surface area contributed by atoms with Crippen LogP contribution < -0.4 is 4.74 Å². The van der Waals surface area contributed by atoms with Crippen molar-refractivity contribution in [2.24, 2.45) is 0 Å². The fraction of sp³-hybridized carbons (Fsp3) is 0.227. The Kier molecular flexibility index (Phi) is 4.19. The van der Waals surface area contributed by atoms with E-state index >= 15 is 0 Å². The standard InChI is InChI=1S/C22H21N3OS/c1-26-18-9-7-17(8-10-18)19-14-25-20-11-12-24(13-16-5-3-2-4-6-16)15-21(20)27-22(25)23-19/h2-10,14H,11-13,15H2,1H3. The molecule has 5 rings (SSSR count). The highest BCUT2D eigenvalue weighted by molar-refractivity contribution is 7.17. The predicted molar refractivity (Wildman–Crippen MR) is 109 cm³/mol. The van der Waals surface area contributed by atoms with Gasteiger partial charge in [-0.1, -0.05) is 41.7 Å². The van der Waals surface area contributed by atoms with Crippen molar-refractivity contribution in [3.63, 3.8) is 0 Å². The Morgan fingerprint density at radius 2 is 1.89 bits per heavy atom. The fourth-order valence-electron chi connectivity index (χ4n) is 3.74. The summed E-state index contributed by atoms with van der Waals surface area (Å²) in [7, 11) is 1.69. The summed E-state index contributed by atoms with van der Waals surface area (Å²) in [6.07, 6.45) is 3.25. The highest BCUT2D eigenvalue weighted by atomic mass is 32.1. The molecule has 0 fully saturated rings. The van der Waals surface area contributed by atoms with Crippen LogP contribution in [0.25, 0.3) is 16.2 Å². The summed E-state index contributed by atoms with van der Waals surface area (Å²) in [5.74, 6) is 0.871. The summed E-state index contributed by atoms with van der Waals surface area (Å²) in [5, 5.41) is 0. The summed E-state index contributed by atoms with van der Waals surface area (Å²) in [5.41, 5.74) is 4.95. The second-order valence-electron chi connectivity index (χ2n) is 6.93. The lowest BCUT2D eigenvalue weighted by Gasteiger charge is -2.26. The average Bonchev–Trinajstić information content (AvgIpc) is 3.26. The van der Waals surface area contributed by atoms with E-state index in [-0.39, 0.29) is 0 Å². The number of rotatable bonds is 4. The monoisotopic (exact) mass is 375 g/mol. The number of benzene rings is 2. The summed E-state index contributed by atoms with van der Waals surface area (Å²) >= 11 is 1.82. The fourth-order valence-corrected chi connectivity index (χ4v) is 4.93. The lowest BCUT2D eigenvalue weighted by molar-refractivity contribution is 0.246. The number of hydrogen-bond donors (Lipinski definition) is 0. The third-order valence-electron chi connectivity index (χ3n) is 5.17. The minimum Gasteiger partial charge on any atom is -0.497 e. The van der Waals surface area contributed by atoms with Crippen LogP contribution in [0.2, 0.25) is 0 Å². The molecule has 3 heterocycles. The summed E-state index contributed by atoms with van der Waals surface area (Å²) in [6, 6.07) is 18.8. The second kappa shape index (κ2) is 6.83. The van der Waals surface area contributed by atoms with Crippen molar-refractivity contribution in [2.45, 2.75) is 19.5 Å². The molecule has 0 radical (unpaired) electrons. The van der Waals surface area contributed by atoms with E-state index in [1.165, 1.54) is 16.1 Å². The van der Waals surface area contributed by atoms with Gasteiger partial charge in [0.1, 0.15) is 5.75 Å². The molecule has 136 valence electrons. The maximum absolute atomic E-state index is 5.25. The molecule has 0 unspecified atom stereocenters. The molecule has 27 heavy (non-hydrogen) atoms. The topological polar surface area (TPSA) is 29.8 Å². The number of fused-ring (bicyclic) bond motifs is 3. The molecular weight excluding hydrogens is 354 g/mol. The van der Waals surface area contributed by atoms with E-state index in [4.69, 9.17) is 9.72 Å². The quantitative estimate of drug-likeness (QED) is 0.521. The minimum absolute atomic E-state index is 0.871. The molecule has 0 atom stereocenters. The van der Waals surface area contributed by atoms with Gasteiger partial charge >= 0.3 is 0 Å². The van der Waals surface area contributed by atoms with Crippen molar-refractivity contribution >= 4 is 16.3 Å². The Morgan fingerprint density at radius 3 is 2.67 bits per heavy atom. The number of hydrogen-bond acceptors (Lipinski definition) is 4. The van der Waals surface area contributed by atoms with Crippen molar-refractivity contribution < 1.29 is 4.74 Å². The Bertz CT molecular complexity index is 1070. The van der Waals surface area contributed by atoms with E-state index in [0.717, 1.165) is 48.0 Å². The van der Waals surface area contributed by atoms with Gasteiger partial charge in [0.25, 0.3) is 0 Å². The minimum atomic E-state index is 0.871. The van der Waals surface area contributed by atoms with Crippen LogP contribution in [-0.4, -0.2) is 27.9 Å². The van der Waals surface area contributed by atoms with Crippen molar-refractivity contribution in [1.29, 1.82) is 0 Å². The molecule has 2 aromatic carbocycles. The first-order valence-electron chi connectivity index (χ1n) is 9.20. The lowest BCUT2D eigenvalue weighted by atomic mass is 10.1. The molecular formula is C22H21N3OS. The lowest BCUT2D eigenvalue weighted by Crippen LogP contribution is -2.29. The highest BCUT2D eigenvalue weighted by Crippen LogP contribution is 2.32. The van der Waals surface area contributed by atoms with Crippen LogP contribution in [0, 0.1) is 0 Å².